The van der Waals surface area contributed by atoms with Gasteiger partial charge < -0.3 is 24.5 Å². The molecule has 33 heavy (non-hydrogen) atoms. The van der Waals surface area contributed by atoms with Crippen LogP contribution in [0.3, 0.4) is 0 Å². The van der Waals surface area contributed by atoms with E-state index in [2.05, 4.69) is 15.3 Å². The van der Waals surface area contributed by atoms with Crippen LogP contribution in [0, 0.1) is 0 Å². The van der Waals surface area contributed by atoms with Gasteiger partial charge in [-0.05, 0) is 35.9 Å². The van der Waals surface area contributed by atoms with Gasteiger partial charge in [-0.15, -0.1) is 11.3 Å². The number of carbonyl (C=O) groups excluding carboxylic acids is 1. The summed E-state index contributed by atoms with van der Waals surface area (Å²) in [6.07, 6.45) is 0. The van der Waals surface area contributed by atoms with Crippen molar-refractivity contribution < 1.29 is 19.0 Å². The summed E-state index contributed by atoms with van der Waals surface area (Å²) in [6, 6.07) is 11.8. The van der Waals surface area contributed by atoms with Crippen molar-refractivity contribution in [3.8, 4) is 23.2 Å². The minimum absolute atomic E-state index is 0.0692. The fourth-order valence-corrected chi connectivity index (χ4v) is 4.14. The molecule has 3 aromatic heterocycles. The van der Waals surface area contributed by atoms with Crippen LogP contribution in [-0.4, -0.2) is 41.8 Å². The predicted octanol–water partition coefficient (Wildman–Crippen LogP) is 2.09. The van der Waals surface area contributed by atoms with Crippen LogP contribution < -0.4 is 30.8 Å². The first-order valence-corrected chi connectivity index (χ1v) is 10.6. The fraction of sp³-hybridized carbons (Fsp3) is 0.182. The zero-order chi connectivity index (χ0) is 23.5. The lowest BCUT2D eigenvalue weighted by molar-refractivity contribution is 0.0955. The van der Waals surface area contributed by atoms with Crippen LogP contribution in [0.1, 0.15) is 15.2 Å². The minimum Gasteiger partial charge on any atom is -0.497 e. The van der Waals surface area contributed by atoms with E-state index in [1.807, 2.05) is 12.1 Å². The predicted molar refractivity (Wildman–Crippen MR) is 123 cm³/mol. The number of aromatic nitrogens is 3. The highest BCUT2D eigenvalue weighted by molar-refractivity contribution is 7.20. The van der Waals surface area contributed by atoms with Crippen molar-refractivity contribution in [2.24, 2.45) is 0 Å². The second-order valence-electron chi connectivity index (χ2n) is 6.84. The number of ether oxygens (including phenoxy) is 3. The zero-order valence-electron chi connectivity index (χ0n) is 18.0. The van der Waals surface area contributed by atoms with Crippen LogP contribution in [0.5, 0.6) is 17.4 Å². The molecule has 0 saturated carbocycles. The largest absolute Gasteiger partial charge is 0.497 e. The average molecular weight is 468 g/mol. The topological polar surface area (TPSA) is 125 Å². The molecule has 0 saturated heterocycles. The monoisotopic (exact) mass is 468 g/mol. The second kappa shape index (κ2) is 9.17. The summed E-state index contributed by atoms with van der Waals surface area (Å²) >= 11 is 0.989. The molecular weight excluding hydrogens is 448 g/mol. The summed E-state index contributed by atoms with van der Waals surface area (Å²) in [5.41, 5.74) is -0.107. The van der Waals surface area contributed by atoms with Crippen molar-refractivity contribution in [1.29, 1.82) is 0 Å². The molecule has 0 atom stereocenters. The second-order valence-corrected chi connectivity index (χ2v) is 7.89. The van der Waals surface area contributed by atoms with E-state index in [1.165, 1.54) is 26.4 Å². The van der Waals surface area contributed by atoms with Gasteiger partial charge in [-0.2, -0.15) is 4.98 Å². The highest BCUT2D eigenvalue weighted by Crippen LogP contribution is 2.25. The molecule has 4 rings (SSSR count). The van der Waals surface area contributed by atoms with Crippen molar-refractivity contribution in [2.75, 3.05) is 21.3 Å². The van der Waals surface area contributed by atoms with Gasteiger partial charge in [-0.25, -0.2) is 9.36 Å². The molecule has 0 unspecified atom stereocenters. The molecule has 2 N–H and O–H groups in total. The van der Waals surface area contributed by atoms with Crippen LogP contribution in [0.4, 0.5) is 0 Å². The summed E-state index contributed by atoms with van der Waals surface area (Å²) in [7, 11) is 4.44. The molecule has 170 valence electrons. The number of fused-ring (bicyclic) bond motifs is 1. The van der Waals surface area contributed by atoms with Crippen LogP contribution in [0.2, 0.25) is 0 Å². The van der Waals surface area contributed by atoms with Gasteiger partial charge in [-0.3, -0.25) is 9.59 Å². The van der Waals surface area contributed by atoms with Crippen LogP contribution in [-0.2, 0) is 6.54 Å². The molecule has 0 radical (unpaired) electrons. The van der Waals surface area contributed by atoms with Crippen molar-refractivity contribution in [1.82, 2.24) is 19.9 Å². The zero-order valence-corrected chi connectivity index (χ0v) is 18.8. The first-order chi connectivity index (χ1) is 15.9. The quantitative estimate of drug-likeness (QED) is 0.426. The number of hydrogen-bond donors (Lipinski definition) is 2. The first kappa shape index (κ1) is 22.1. The van der Waals surface area contributed by atoms with E-state index in [4.69, 9.17) is 14.2 Å². The number of aromatic amines is 1. The summed E-state index contributed by atoms with van der Waals surface area (Å²) in [4.78, 5) is 45.5. The van der Waals surface area contributed by atoms with Crippen LogP contribution in [0.15, 0.2) is 52.1 Å². The lowest BCUT2D eigenvalue weighted by atomic mass is 10.2. The lowest BCUT2D eigenvalue weighted by Crippen LogP contribution is -2.33. The number of benzene rings is 1. The van der Waals surface area contributed by atoms with Gasteiger partial charge >= 0.3 is 5.69 Å². The Labute approximate surface area is 191 Å². The van der Waals surface area contributed by atoms with E-state index in [0.29, 0.717) is 17.2 Å². The van der Waals surface area contributed by atoms with Crippen molar-refractivity contribution in [3.05, 3.63) is 73.7 Å². The molecule has 10 nitrogen and oxygen atoms in total. The summed E-state index contributed by atoms with van der Waals surface area (Å²) < 4.78 is 16.5. The number of amides is 1. The molecule has 0 fully saturated rings. The fourth-order valence-electron chi connectivity index (χ4n) is 3.18. The Bertz CT molecular complexity index is 1440. The van der Waals surface area contributed by atoms with Gasteiger partial charge in [-0.1, -0.05) is 12.1 Å². The van der Waals surface area contributed by atoms with Crippen molar-refractivity contribution >= 4 is 27.5 Å². The Morgan fingerprint density at radius 2 is 1.82 bits per heavy atom. The van der Waals surface area contributed by atoms with E-state index in [1.54, 1.807) is 25.3 Å². The number of thiophene rings is 1. The van der Waals surface area contributed by atoms with Crippen LogP contribution >= 0.6 is 11.3 Å². The maximum Gasteiger partial charge on any atom is 0.334 e. The third-order valence-electron chi connectivity index (χ3n) is 4.86. The average Bonchev–Trinajstić information content (AvgIpc) is 3.27. The molecule has 11 heteroatoms. The van der Waals surface area contributed by atoms with Gasteiger partial charge in [0.05, 0.1) is 31.7 Å². The van der Waals surface area contributed by atoms with Gasteiger partial charge in [0.15, 0.2) is 5.75 Å². The number of nitrogens with one attached hydrogen (secondary N) is 2. The molecule has 1 aromatic carbocycles. The molecule has 4 aromatic rings. The molecule has 0 aliphatic heterocycles. The number of pyridine rings is 1. The number of hydrogen-bond acceptors (Lipinski definition) is 8. The smallest absolute Gasteiger partial charge is 0.334 e. The normalized spacial score (nSPS) is 10.8. The third kappa shape index (κ3) is 4.30. The van der Waals surface area contributed by atoms with Gasteiger partial charge in [0, 0.05) is 6.54 Å². The van der Waals surface area contributed by atoms with Crippen molar-refractivity contribution in [2.45, 2.75) is 6.54 Å². The number of rotatable bonds is 7. The number of nitrogens with zero attached hydrogens (tertiary/aromatic N) is 2. The standard InChI is InChI=1S/C22H20N4O6S/c1-30-13-6-4-12(5-7-13)11-23-19(27)16-10-14-18(33-16)21(28)26(22(29)24-14)17-9-8-15(31-2)20(25-17)32-3/h4-10H,11H2,1-3H3,(H,23,27)(H,24,29). The molecule has 0 aliphatic rings. The van der Waals surface area contributed by atoms with E-state index in [9.17, 15) is 14.4 Å². The molecular formula is C22H20N4O6S. The van der Waals surface area contributed by atoms with Crippen LogP contribution in [0.25, 0.3) is 16.0 Å². The van der Waals surface area contributed by atoms with Gasteiger partial charge in [0.2, 0.25) is 0 Å². The Hall–Kier alpha value is -4.12. The molecule has 0 spiro atoms. The molecule has 1 amide bonds. The Kier molecular flexibility index (Phi) is 6.13. The molecule has 0 bridgehead atoms. The Morgan fingerprint density at radius 1 is 1.06 bits per heavy atom. The number of methoxy groups -OCH3 is 3. The first-order valence-electron chi connectivity index (χ1n) is 9.74. The van der Waals surface area contributed by atoms with Gasteiger partial charge in [0.25, 0.3) is 17.3 Å². The number of carbonyl (C=O) groups is 1. The van der Waals surface area contributed by atoms with Gasteiger partial charge in [0.1, 0.15) is 16.3 Å². The summed E-state index contributed by atoms with van der Waals surface area (Å²) in [6.45, 7) is 0.299. The Morgan fingerprint density at radius 3 is 2.48 bits per heavy atom. The Balaban J connectivity index is 1.64. The maximum absolute atomic E-state index is 13.1. The van der Waals surface area contributed by atoms with E-state index >= 15 is 0 Å². The summed E-state index contributed by atoms with van der Waals surface area (Å²) in [5.74, 6) is 0.923. The van der Waals surface area contributed by atoms with Crippen molar-refractivity contribution in [3.63, 3.8) is 0 Å². The third-order valence-corrected chi connectivity index (χ3v) is 5.98. The molecule has 3 heterocycles. The lowest BCUT2D eigenvalue weighted by Gasteiger charge is -2.09. The highest BCUT2D eigenvalue weighted by Gasteiger charge is 2.18. The summed E-state index contributed by atoms with van der Waals surface area (Å²) in [5, 5.41) is 2.81. The highest BCUT2D eigenvalue weighted by atomic mass is 32.1. The SMILES string of the molecule is COc1ccc(CNC(=O)c2cc3[nH]c(=O)n(-c4ccc(OC)c(OC)n4)c(=O)c3s2)cc1. The van der Waals surface area contributed by atoms with E-state index < -0.39 is 11.2 Å². The molecule has 0 aliphatic carbocycles. The number of H-pyrrole nitrogens is 1. The minimum atomic E-state index is -0.685. The van der Waals surface area contributed by atoms with E-state index in [-0.39, 0.29) is 27.8 Å². The maximum atomic E-state index is 13.1. The van der Waals surface area contributed by atoms with E-state index in [0.717, 1.165) is 27.2 Å².